The lowest BCUT2D eigenvalue weighted by molar-refractivity contribution is -0.170. The Bertz CT molecular complexity index is 719. The minimum absolute atomic E-state index is 0.175. The van der Waals surface area contributed by atoms with E-state index in [9.17, 15) is 19.5 Å². The zero-order valence-corrected chi connectivity index (χ0v) is 15.7. The Labute approximate surface area is 156 Å². The fraction of sp³-hybridized carbons (Fsp3) is 0.706. The Morgan fingerprint density at radius 3 is 2.70 bits per heavy atom. The highest BCUT2D eigenvalue weighted by molar-refractivity contribution is 5.99. The van der Waals surface area contributed by atoms with Crippen molar-refractivity contribution in [1.29, 1.82) is 0 Å². The summed E-state index contributed by atoms with van der Waals surface area (Å²) in [6.07, 6.45) is 1.38. The number of aromatic nitrogens is 2. The number of aliphatic hydroxyl groups excluding tert-OH is 1. The number of hydrogen-bond acceptors (Lipinski definition) is 7. The lowest BCUT2D eigenvalue weighted by Crippen LogP contribution is -2.74. The maximum absolute atomic E-state index is 13.1. The molecule has 1 unspecified atom stereocenters. The van der Waals surface area contributed by atoms with Crippen LogP contribution in [0.4, 0.5) is 0 Å². The van der Waals surface area contributed by atoms with Gasteiger partial charge in [0.2, 0.25) is 24.1 Å². The summed E-state index contributed by atoms with van der Waals surface area (Å²) < 4.78 is 5.07. The number of carbonyl (C=O) groups excluding carboxylic acids is 3. The van der Waals surface area contributed by atoms with E-state index in [1.807, 2.05) is 0 Å². The summed E-state index contributed by atoms with van der Waals surface area (Å²) in [5.41, 5.74) is -0.910. The third kappa shape index (κ3) is 3.41. The van der Waals surface area contributed by atoms with Crippen molar-refractivity contribution in [3.8, 4) is 0 Å². The molecule has 2 N–H and O–H groups in total. The maximum Gasteiger partial charge on any atom is 0.250 e. The van der Waals surface area contributed by atoms with Crippen LogP contribution in [0.5, 0.6) is 0 Å². The van der Waals surface area contributed by atoms with E-state index in [0.29, 0.717) is 31.8 Å². The molecule has 1 spiro atoms. The molecule has 10 nitrogen and oxygen atoms in total. The largest absolute Gasteiger partial charge is 0.426 e. The minimum atomic E-state index is -1.08. The average molecular weight is 379 g/mol. The minimum Gasteiger partial charge on any atom is -0.426 e. The number of β-lactam (4-membered cyclic amide) rings is 1. The van der Waals surface area contributed by atoms with Gasteiger partial charge in [0, 0.05) is 12.5 Å². The molecular formula is C17H25N5O5. The Kier molecular flexibility index (Phi) is 5.18. The van der Waals surface area contributed by atoms with Crippen molar-refractivity contribution in [2.24, 2.45) is 5.92 Å². The van der Waals surface area contributed by atoms with Gasteiger partial charge >= 0.3 is 0 Å². The van der Waals surface area contributed by atoms with Crippen molar-refractivity contribution in [2.45, 2.75) is 57.8 Å². The Morgan fingerprint density at radius 2 is 2.15 bits per heavy atom. The van der Waals surface area contributed by atoms with Crippen molar-refractivity contribution in [2.75, 3.05) is 13.1 Å². The van der Waals surface area contributed by atoms with Crippen LogP contribution in [0.2, 0.25) is 0 Å². The van der Waals surface area contributed by atoms with E-state index >= 15 is 0 Å². The molecular weight excluding hydrogens is 354 g/mol. The summed E-state index contributed by atoms with van der Waals surface area (Å²) in [5.74, 6) is -0.907. The number of aliphatic hydroxyl groups is 1. The number of nitrogens with zero attached hydrogens (tertiary/aromatic N) is 4. The molecule has 0 bridgehead atoms. The molecule has 0 aliphatic carbocycles. The lowest BCUT2D eigenvalue weighted by Gasteiger charge is -2.51. The zero-order chi connectivity index (χ0) is 19.8. The van der Waals surface area contributed by atoms with Crippen LogP contribution in [0.3, 0.4) is 0 Å². The number of amides is 3. The molecule has 3 amide bonds. The molecule has 1 aromatic rings. The number of likely N-dealkylation sites (tertiary alicyclic amines) is 2. The van der Waals surface area contributed by atoms with Gasteiger partial charge in [-0.3, -0.25) is 14.4 Å². The molecule has 3 rings (SSSR count). The van der Waals surface area contributed by atoms with E-state index in [0.717, 1.165) is 0 Å². The first-order chi connectivity index (χ1) is 12.8. The normalized spacial score (nSPS) is 24.3. The molecule has 2 aliphatic heterocycles. The summed E-state index contributed by atoms with van der Waals surface area (Å²) in [6, 6.07) is -1.08. The van der Waals surface area contributed by atoms with E-state index in [-0.39, 0.29) is 24.3 Å². The predicted octanol–water partition coefficient (Wildman–Crippen LogP) is -0.705. The summed E-state index contributed by atoms with van der Waals surface area (Å²) in [6.45, 7) is 5.86. The van der Waals surface area contributed by atoms with Crippen molar-refractivity contribution in [3.05, 3.63) is 12.3 Å². The molecule has 1 aromatic heterocycles. The Morgan fingerprint density at radius 1 is 1.41 bits per heavy atom. The van der Waals surface area contributed by atoms with Gasteiger partial charge < -0.3 is 24.6 Å². The van der Waals surface area contributed by atoms with E-state index in [1.54, 1.807) is 18.7 Å². The van der Waals surface area contributed by atoms with Crippen LogP contribution in [0.25, 0.3) is 0 Å². The maximum atomic E-state index is 13.1. The number of rotatable bonds is 6. The second-order valence-electron chi connectivity index (χ2n) is 7.50. The highest BCUT2D eigenvalue weighted by atomic mass is 16.4. The van der Waals surface area contributed by atoms with Crippen LogP contribution in [0, 0.1) is 5.92 Å². The Balaban J connectivity index is 1.72. The highest BCUT2D eigenvalue weighted by Gasteiger charge is 2.60. The van der Waals surface area contributed by atoms with Gasteiger partial charge in [-0.1, -0.05) is 13.8 Å². The number of carbonyl (C=O) groups is 3. The Hall–Kier alpha value is -2.49. The molecule has 0 aromatic carbocycles. The van der Waals surface area contributed by atoms with Crippen molar-refractivity contribution in [1.82, 2.24) is 25.3 Å². The SMILES string of the molecule is CC(C)C(=O)N[C@H](C(=O)N1CCCC12CN(Cc1nnco1)C2=O)[C@@H](C)O. The van der Waals surface area contributed by atoms with Crippen molar-refractivity contribution >= 4 is 17.7 Å². The molecule has 2 fully saturated rings. The molecule has 148 valence electrons. The van der Waals surface area contributed by atoms with Crippen LogP contribution in [-0.4, -0.2) is 73.6 Å². The first-order valence-electron chi connectivity index (χ1n) is 9.10. The highest BCUT2D eigenvalue weighted by Crippen LogP contribution is 2.40. The van der Waals surface area contributed by atoms with E-state index in [1.165, 1.54) is 18.2 Å². The van der Waals surface area contributed by atoms with Crippen LogP contribution in [-0.2, 0) is 20.9 Å². The first kappa shape index (κ1) is 19.3. The molecule has 0 radical (unpaired) electrons. The fourth-order valence-electron chi connectivity index (χ4n) is 3.68. The van der Waals surface area contributed by atoms with Gasteiger partial charge in [0.1, 0.15) is 11.6 Å². The fourth-order valence-corrected chi connectivity index (χ4v) is 3.68. The molecule has 2 aliphatic rings. The van der Waals surface area contributed by atoms with Gasteiger partial charge in [0.15, 0.2) is 0 Å². The van der Waals surface area contributed by atoms with E-state index < -0.39 is 23.6 Å². The van der Waals surface area contributed by atoms with Gasteiger partial charge in [0.25, 0.3) is 5.91 Å². The quantitative estimate of drug-likeness (QED) is 0.625. The van der Waals surface area contributed by atoms with Gasteiger partial charge in [-0.25, -0.2) is 0 Å². The van der Waals surface area contributed by atoms with Crippen LogP contribution in [0.1, 0.15) is 39.5 Å². The monoisotopic (exact) mass is 379 g/mol. The summed E-state index contributed by atoms with van der Waals surface area (Å²) in [5, 5.41) is 20.0. The standard InChI is InChI=1S/C17H25N5O5/c1-10(2)14(24)19-13(11(3)23)15(25)22-6-4-5-17(22)8-21(16(17)26)7-12-20-18-9-27-12/h9-11,13,23H,4-8H2,1-3H3,(H,19,24)/t11-,13+,17?/m1/s1. The number of nitrogens with one attached hydrogen (secondary N) is 1. The van der Waals surface area contributed by atoms with Crippen molar-refractivity contribution < 1.29 is 23.9 Å². The third-order valence-corrected chi connectivity index (χ3v) is 5.19. The van der Waals surface area contributed by atoms with Crippen LogP contribution in [0.15, 0.2) is 10.8 Å². The van der Waals surface area contributed by atoms with Gasteiger partial charge in [-0.15, -0.1) is 10.2 Å². The predicted molar refractivity (Wildman–Crippen MR) is 91.8 cm³/mol. The number of hydrogen-bond donors (Lipinski definition) is 2. The third-order valence-electron chi connectivity index (χ3n) is 5.19. The van der Waals surface area contributed by atoms with Crippen LogP contribution < -0.4 is 5.32 Å². The van der Waals surface area contributed by atoms with Crippen LogP contribution >= 0.6 is 0 Å². The zero-order valence-electron chi connectivity index (χ0n) is 15.7. The summed E-state index contributed by atoms with van der Waals surface area (Å²) >= 11 is 0. The molecule has 0 saturated carbocycles. The molecule has 3 heterocycles. The molecule has 2 saturated heterocycles. The van der Waals surface area contributed by atoms with Gasteiger partial charge in [-0.05, 0) is 19.8 Å². The molecule has 3 atom stereocenters. The average Bonchev–Trinajstić information content (AvgIpc) is 3.28. The summed E-state index contributed by atoms with van der Waals surface area (Å²) in [7, 11) is 0. The first-order valence-corrected chi connectivity index (χ1v) is 9.10. The van der Waals surface area contributed by atoms with Gasteiger partial charge in [-0.2, -0.15) is 0 Å². The molecule has 27 heavy (non-hydrogen) atoms. The second kappa shape index (κ2) is 7.26. The lowest BCUT2D eigenvalue weighted by atomic mass is 9.85. The molecule has 10 heteroatoms. The van der Waals surface area contributed by atoms with Crippen molar-refractivity contribution in [3.63, 3.8) is 0 Å². The van der Waals surface area contributed by atoms with Gasteiger partial charge in [0.05, 0.1) is 19.2 Å². The van der Waals surface area contributed by atoms with E-state index in [4.69, 9.17) is 4.42 Å². The smallest absolute Gasteiger partial charge is 0.250 e. The topological polar surface area (TPSA) is 129 Å². The summed E-state index contributed by atoms with van der Waals surface area (Å²) in [4.78, 5) is 41.0. The second-order valence-corrected chi connectivity index (χ2v) is 7.50. The van der Waals surface area contributed by atoms with E-state index in [2.05, 4.69) is 15.5 Å².